The molecule has 0 atom stereocenters. The second kappa shape index (κ2) is 5.03. The molecule has 0 radical (unpaired) electrons. The lowest BCUT2D eigenvalue weighted by atomic mass is 10.1. The van der Waals surface area contributed by atoms with E-state index in [-0.39, 0.29) is 30.4 Å². The lowest BCUT2D eigenvalue weighted by molar-refractivity contribution is -0.385. The van der Waals surface area contributed by atoms with Crippen LogP contribution < -0.4 is 14.8 Å². The smallest absolute Gasteiger partial charge is 0.346 e. The van der Waals surface area contributed by atoms with E-state index in [2.05, 4.69) is 5.32 Å². The van der Waals surface area contributed by atoms with E-state index in [1.54, 1.807) is 0 Å². The van der Waals surface area contributed by atoms with E-state index >= 15 is 0 Å². The molecule has 0 fully saturated rings. The summed E-state index contributed by atoms with van der Waals surface area (Å²) in [6, 6.07) is 0.943. The molecule has 2 N–H and O–H groups in total. The average molecular weight is 282 g/mol. The molecule has 0 aromatic heterocycles. The lowest BCUT2D eigenvalue weighted by Gasteiger charge is -2.22. The molecular weight excluding hydrogens is 272 g/mol. The quantitative estimate of drug-likeness (QED) is 0.625. The summed E-state index contributed by atoms with van der Waals surface area (Å²) < 4.78 is 10.4. The fraction of sp³-hybridized carbons (Fsp3) is 0.273. The van der Waals surface area contributed by atoms with Crippen LogP contribution in [-0.2, 0) is 4.79 Å². The second-order valence-electron chi connectivity index (χ2n) is 3.92. The van der Waals surface area contributed by atoms with Gasteiger partial charge in [-0.3, -0.25) is 14.9 Å². The highest BCUT2D eigenvalue weighted by Crippen LogP contribution is 2.45. The normalized spacial score (nSPS) is 12.7. The number of carboxylic acid groups (broad SMARTS) is 1. The second-order valence-corrected chi connectivity index (χ2v) is 3.92. The molecule has 9 heteroatoms. The Labute approximate surface area is 112 Å². The molecule has 9 nitrogen and oxygen atoms in total. The molecule has 0 spiro atoms. The number of fused-ring (bicyclic) bond motifs is 1. The van der Waals surface area contributed by atoms with Crippen LogP contribution in [0.4, 0.5) is 11.4 Å². The maximum absolute atomic E-state index is 11.2. The summed E-state index contributed by atoms with van der Waals surface area (Å²) in [4.78, 5) is 32.4. The number of aromatic carboxylic acids is 1. The number of nitro groups is 1. The van der Waals surface area contributed by atoms with Gasteiger partial charge in [-0.2, -0.15) is 0 Å². The topological polar surface area (TPSA) is 128 Å². The summed E-state index contributed by atoms with van der Waals surface area (Å²) in [5.74, 6) is -2.25. The van der Waals surface area contributed by atoms with Crippen LogP contribution in [0.2, 0.25) is 0 Å². The van der Waals surface area contributed by atoms with Crippen LogP contribution in [0.25, 0.3) is 0 Å². The van der Waals surface area contributed by atoms with Crippen molar-refractivity contribution < 1.29 is 29.1 Å². The SMILES string of the molecule is CC(=O)Nc1cc([N+](=O)[O-])c(C(=O)O)c2c1OCCO2. The minimum absolute atomic E-state index is 0.00361. The van der Waals surface area contributed by atoms with Crippen LogP contribution in [0, 0.1) is 10.1 Å². The summed E-state index contributed by atoms with van der Waals surface area (Å²) in [7, 11) is 0. The highest BCUT2D eigenvalue weighted by molar-refractivity contribution is 6.01. The fourth-order valence-electron chi connectivity index (χ4n) is 1.83. The Bertz CT molecular complexity index is 611. The summed E-state index contributed by atoms with van der Waals surface area (Å²) in [5.41, 5.74) is -1.27. The number of nitrogens with one attached hydrogen (secondary N) is 1. The van der Waals surface area contributed by atoms with Gasteiger partial charge in [-0.1, -0.05) is 0 Å². The van der Waals surface area contributed by atoms with Crippen molar-refractivity contribution in [2.24, 2.45) is 0 Å². The first kappa shape index (κ1) is 13.6. The Morgan fingerprint density at radius 3 is 2.45 bits per heavy atom. The maximum atomic E-state index is 11.2. The minimum atomic E-state index is -1.51. The number of carboxylic acids is 1. The van der Waals surface area contributed by atoms with E-state index in [9.17, 15) is 19.7 Å². The molecule has 1 heterocycles. The number of ether oxygens (including phenoxy) is 2. The number of benzene rings is 1. The van der Waals surface area contributed by atoms with E-state index in [4.69, 9.17) is 14.6 Å². The van der Waals surface area contributed by atoms with Gasteiger partial charge in [0.05, 0.1) is 10.6 Å². The van der Waals surface area contributed by atoms with Crippen LogP contribution in [0.15, 0.2) is 6.07 Å². The van der Waals surface area contributed by atoms with Crippen LogP contribution in [0.3, 0.4) is 0 Å². The van der Waals surface area contributed by atoms with Crippen molar-refractivity contribution in [2.75, 3.05) is 18.5 Å². The standard InChI is InChI=1S/C11H10N2O7/c1-5(14)12-6-4-7(13(17)18)8(11(15)16)10-9(6)19-2-3-20-10/h4H,2-3H2,1H3,(H,12,14)(H,15,16). The molecule has 20 heavy (non-hydrogen) atoms. The number of carbonyl (C=O) groups excluding carboxylic acids is 1. The Hall–Kier alpha value is -2.84. The van der Waals surface area contributed by atoms with Crippen molar-refractivity contribution in [1.29, 1.82) is 0 Å². The molecule has 1 aliphatic rings. The minimum Gasteiger partial charge on any atom is -0.485 e. The molecule has 1 aromatic rings. The predicted octanol–water partition coefficient (Wildman–Crippen LogP) is 1.02. The van der Waals surface area contributed by atoms with Gasteiger partial charge in [0.15, 0.2) is 17.1 Å². The Kier molecular flexibility index (Phi) is 3.42. The van der Waals surface area contributed by atoms with Crippen molar-refractivity contribution in [3.05, 3.63) is 21.7 Å². The number of anilines is 1. The number of carbonyl (C=O) groups is 2. The van der Waals surface area contributed by atoms with Gasteiger partial charge in [0.1, 0.15) is 13.2 Å². The van der Waals surface area contributed by atoms with Gasteiger partial charge >= 0.3 is 5.97 Å². The molecule has 106 valence electrons. The van der Waals surface area contributed by atoms with E-state index in [0.29, 0.717) is 0 Å². The summed E-state index contributed by atoms with van der Waals surface area (Å²) in [6.45, 7) is 1.43. The highest BCUT2D eigenvalue weighted by atomic mass is 16.6. The summed E-state index contributed by atoms with van der Waals surface area (Å²) in [6.07, 6.45) is 0. The van der Waals surface area contributed by atoms with Gasteiger partial charge in [0.25, 0.3) is 5.69 Å². The summed E-state index contributed by atoms with van der Waals surface area (Å²) >= 11 is 0. The van der Waals surface area contributed by atoms with Gasteiger partial charge < -0.3 is 19.9 Å². The third-order valence-corrected chi connectivity index (χ3v) is 2.51. The zero-order valence-electron chi connectivity index (χ0n) is 10.3. The van der Waals surface area contributed by atoms with Gasteiger partial charge in [-0.25, -0.2) is 4.79 Å². The molecule has 1 aromatic carbocycles. The van der Waals surface area contributed by atoms with Gasteiger partial charge in [-0.15, -0.1) is 0 Å². The third-order valence-electron chi connectivity index (χ3n) is 2.51. The third kappa shape index (κ3) is 2.32. The molecule has 1 aliphatic heterocycles. The van der Waals surface area contributed by atoms with Gasteiger partial charge in [-0.05, 0) is 0 Å². The largest absolute Gasteiger partial charge is 0.485 e. The number of rotatable bonds is 3. The van der Waals surface area contributed by atoms with Crippen molar-refractivity contribution in [2.45, 2.75) is 6.92 Å². The lowest BCUT2D eigenvalue weighted by Crippen LogP contribution is -2.21. The number of nitro benzene ring substituents is 1. The van der Waals surface area contributed by atoms with Gasteiger partial charge in [0.2, 0.25) is 5.91 Å². The zero-order chi connectivity index (χ0) is 14.9. The van der Waals surface area contributed by atoms with Crippen molar-refractivity contribution in [3.8, 4) is 11.5 Å². The highest BCUT2D eigenvalue weighted by Gasteiger charge is 2.33. The molecule has 2 rings (SSSR count). The van der Waals surface area contributed by atoms with E-state index in [1.807, 2.05) is 0 Å². The fourth-order valence-corrected chi connectivity index (χ4v) is 1.83. The maximum Gasteiger partial charge on any atom is 0.346 e. The van der Waals surface area contributed by atoms with Crippen molar-refractivity contribution in [3.63, 3.8) is 0 Å². The Morgan fingerprint density at radius 2 is 1.95 bits per heavy atom. The molecule has 0 bridgehead atoms. The number of hydrogen-bond donors (Lipinski definition) is 2. The first-order valence-electron chi connectivity index (χ1n) is 5.53. The Morgan fingerprint density at radius 1 is 1.35 bits per heavy atom. The number of hydrogen-bond acceptors (Lipinski definition) is 6. The van der Waals surface area contributed by atoms with E-state index in [0.717, 1.165) is 6.07 Å². The van der Waals surface area contributed by atoms with Crippen molar-refractivity contribution in [1.82, 2.24) is 0 Å². The zero-order valence-corrected chi connectivity index (χ0v) is 10.3. The van der Waals surface area contributed by atoms with E-state index in [1.165, 1.54) is 6.92 Å². The average Bonchev–Trinajstić information content (AvgIpc) is 2.37. The first-order chi connectivity index (χ1) is 9.41. The van der Waals surface area contributed by atoms with Crippen molar-refractivity contribution >= 4 is 23.3 Å². The molecule has 0 unspecified atom stereocenters. The molecule has 0 aliphatic carbocycles. The predicted molar refractivity (Wildman–Crippen MR) is 65.3 cm³/mol. The molecule has 1 amide bonds. The molecule has 0 saturated heterocycles. The van der Waals surface area contributed by atoms with Gasteiger partial charge in [0, 0.05) is 13.0 Å². The van der Waals surface area contributed by atoms with Crippen LogP contribution >= 0.6 is 0 Å². The first-order valence-corrected chi connectivity index (χ1v) is 5.53. The summed E-state index contributed by atoms with van der Waals surface area (Å²) in [5, 5.41) is 22.5. The van der Waals surface area contributed by atoms with Crippen LogP contribution in [0.5, 0.6) is 11.5 Å². The number of nitrogens with zero attached hydrogens (tertiary/aromatic N) is 1. The molecule has 0 saturated carbocycles. The molecular formula is C11H10N2O7. The van der Waals surface area contributed by atoms with Crippen LogP contribution in [-0.4, -0.2) is 35.1 Å². The number of amides is 1. The van der Waals surface area contributed by atoms with E-state index < -0.39 is 28.1 Å². The Balaban J connectivity index is 2.72. The monoisotopic (exact) mass is 282 g/mol. The van der Waals surface area contributed by atoms with Crippen LogP contribution in [0.1, 0.15) is 17.3 Å².